The minimum atomic E-state index is -4.67. The largest absolute Gasteiger partial charge is 0.418 e. The van der Waals surface area contributed by atoms with Crippen LogP contribution in [-0.2, 0) is 22.2 Å². The molecule has 0 unspecified atom stereocenters. The molecule has 0 spiro atoms. The molecule has 2 aromatic carbocycles. The van der Waals surface area contributed by atoms with Gasteiger partial charge in [-0.1, -0.05) is 29.8 Å². The molecule has 0 aromatic heterocycles. The van der Waals surface area contributed by atoms with Crippen molar-refractivity contribution < 1.29 is 22.8 Å². The Labute approximate surface area is 143 Å². The van der Waals surface area contributed by atoms with Gasteiger partial charge >= 0.3 is 6.18 Å². The van der Waals surface area contributed by atoms with Crippen molar-refractivity contribution in [3.05, 3.63) is 59.2 Å². The molecule has 132 valence electrons. The summed E-state index contributed by atoms with van der Waals surface area (Å²) in [7, 11) is 0. The van der Waals surface area contributed by atoms with Crippen LogP contribution >= 0.6 is 0 Å². The highest BCUT2D eigenvalue weighted by atomic mass is 19.4. The first kappa shape index (κ1) is 18.5. The Bertz CT molecular complexity index is 784. The molecule has 0 aliphatic carbocycles. The fourth-order valence-corrected chi connectivity index (χ4v) is 2.25. The van der Waals surface area contributed by atoms with E-state index < -0.39 is 23.6 Å². The minimum Gasteiger partial charge on any atom is -0.326 e. The molecule has 0 bridgehead atoms. The van der Waals surface area contributed by atoms with Crippen molar-refractivity contribution in [3.63, 3.8) is 0 Å². The van der Waals surface area contributed by atoms with Gasteiger partial charge in [0.1, 0.15) is 0 Å². The monoisotopic (exact) mass is 350 g/mol. The lowest BCUT2D eigenvalue weighted by Crippen LogP contribution is -2.19. The fourth-order valence-electron chi connectivity index (χ4n) is 2.25. The molecule has 2 rings (SSSR count). The third-order valence-electron chi connectivity index (χ3n) is 3.40. The number of carbonyl (C=O) groups excluding carboxylic acids is 2. The number of alkyl halides is 3. The second-order valence-electron chi connectivity index (χ2n) is 5.65. The molecule has 0 fully saturated rings. The average molecular weight is 350 g/mol. The highest BCUT2D eigenvalue weighted by Gasteiger charge is 2.34. The SMILES string of the molecule is CC(=O)Nc1ccc(NC(=O)Cc2ccc(C)cc2)c(C(F)(F)F)c1. The quantitative estimate of drug-likeness (QED) is 0.870. The van der Waals surface area contributed by atoms with Crippen molar-refractivity contribution in [2.45, 2.75) is 26.4 Å². The summed E-state index contributed by atoms with van der Waals surface area (Å²) in [5.74, 6) is -1.04. The number of rotatable bonds is 4. The Balaban J connectivity index is 2.21. The molecule has 4 nitrogen and oxygen atoms in total. The van der Waals surface area contributed by atoms with Crippen molar-refractivity contribution in [1.29, 1.82) is 0 Å². The molecule has 0 saturated carbocycles. The number of carbonyl (C=O) groups is 2. The highest BCUT2D eigenvalue weighted by molar-refractivity contribution is 5.94. The fraction of sp³-hybridized carbons (Fsp3) is 0.222. The molecule has 2 amide bonds. The zero-order valence-electron chi connectivity index (χ0n) is 13.7. The zero-order chi connectivity index (χ0) is 18.6. The van der Waals surface area contributed by atoms with Crippen molar-refractivity contribution >= 4 is 23.2 Å². The maximum absolute atomic E-state index is 13.2. The van der Waals surface area contributed by atoms with Gasteiger partial charge in [-0.3, -0.25) is 9.59 Å². The van der Waals surface area contributed by atoms with Crippen LogP contribution in [0.1, 0.15) is 23.6 Å². The number of hydrogen-bond donors (Lipinski definition) is 2. The van der Waals surface area contributed by atoms with Gasteiger partial charge in [0, 0.05) is 12.6 Å². The number of halogens is 3. The van der Waals surface area contributed by atoms with E-state index in [-0.39, 0.29) is 17.8 Å². The Morgan fingerprint density at radius 3 is 2.20 bits per heavy atom. The van der Waals surface area contributed by atoms with Crippen molar-refractivity contribution in [3.8, 4) is 0 Å². The predicted octanol–water partition coefficient (Wildman–Crippen LogP) is 4.15. The molecular formula is C18H17F3N2O2. The molecule has 0 radical (unpaired) electrons. The molecule has 0 heterocycles. The van der Waals surface area contributed by atoms with E-state index in [2.05, 4.69) is 10.6 Å². The van der Waals surface area contributed by atoms with E-state index in [0.717, 1.165) is 17.7 Å². The lowest BCUT2D eigenvalue weighted by Gasteiger charge is -2.15. The summed E-state index contributed by atoms with van der Waals surface area (Å²) in [6.07, 6.45) is -4.70. The molecule has 2 aromatic rings. The van der Waals surface area contributed by atoms with Crippen LogP contribution in [0.5, 0.6) is 0 Å². The van der Waals surface area contributed by atoms with E-state index in [0.29, 0.717) is 5.56 Å². The molecule has 0 saturated heterocycles. The van der Waals surface area contributed by atoms with Gasteiger partial charge in [0.15, 0.2) is 0 Å². The predicted molar refractivity (Wildman–Crippen MR) is 89.3 cm³/mol. The van der Waals surface area contributed by atoms with Gasteiger partial charge in [-0.2, -0.15) is 13.2 Å². The van der Waals surface area contributed by atoms with Crippen LogP contribution in [0.15, 0.2) is 42.5 Å². The van der Waals surface area contributed by atoms with Crippen molar-refractivity contribution in [1.82, 2.24) is 0 Å². The molecule has 0 aliphatic heterocycles. The topological polar surface area (TPSA) is 58.2 Å². The van der Waals surface area contributed by atoms with Crippen LogP contribution < -0.4 is 10.6 Å². The van der Waals surface area contributed by atoms with E-state index in [4.69, 9.17) is 0 Å². The number of aryl methyl sites for hydroxylation is 1. The number of amides is 2. The standard InChI is InChI=1S/C18H17F3N2O2/c1-11-3-5-13(6-4-11)9-17(25)23-16-8-7-14(22-12(2)24)10-15(16)18(19,20)21/h3-8,10H,9H2,1-2H3,(H,22,24)(H,23,25). The lowest BCUT2D eigenvalue weighted by atomic mass is 10.1. The van der Waals surface area contributed by atoms with Crippen LogP contribution in [0, 0.1) is 6.92 Å². The van der Waals surface area contributed by atoms with Crippen LogP contribution in [0.4, 0.5) is 24.5 Å². The van der Waals surface area contributed by atoms with Crippen LogP contribution in [0.25, 0.3) is 0 Å². The van der Waals surface area contributed by atoms with Gasteiger partial charge in [-0.05, 0) is 30.7 Å². The van der Waals surface area contributed by atoms with Gasteiger partial charge in [-0.15, -0.1) is 0 Å². The molecule has 7 heteroatoms. The smallest absolute Gasteiger partial charge is 0.326 e. The summed E-state index contributed by atoms with van der Waals surface area (Å²) < 4.78 is 39.7. The maximum atomic E-state index is 13.2. The van der Waals surface area contributed by atoms with Crippen LogP contribution in [0.2, 0.25) is 0 Å². The summed E-state index contributed by atoms with van der Waals surface area (Å²) in [6, 6.07) is 10.4. The molecule has 2 N–H and O–H groups in total. The number of nitrogens with one attached hydrogen (secondary N) is 2. The van der Waals surface area contributed by atoms with E-state index in [1.807, 2.05) is 19.1 Å². The number of benzene rings is 2. The Kier molecular flexibility index (Phi) is 5.46. The van der Waals surface area contributed by atoms with Crippen molar-refractivity contribution in [2.24, 2.45) is 0 Å². The normalized spacial score (nSPS) is 11.1. The highest BCUT2D eigenvalue weighted by Crippen LogP contribution is 2.36. The van der Waals surface area contributed by atoms with Gasteiger partial charge < -0.3 is 10.6 Å². The van der Waals surface area contributed by atoms with E-state index in [9.17, 15) is 22.8 Å². The first-order chi connectivity index (χ1) is 11.6. The first-order valence-corrected chi connectivity index (χ1v) is 7.49. The van der Waals surface area contributed by atoms with Crippen molar-refractivity contribution in [2.75, 3.05) is 10.6 Å². The third kappa shape index (κ3) is 5.34. The Hall–Kier alpha value is -2.83. The molecule has 25 heavy (non-hydrogen) atoms. The summed E-state index contributed by atoms with van der Waals surface area (Å²) >= 11 is 0. The third-order valence-corrected chi connectivity index (χ3v) is 3.40. The summed E-state index contributed by atoms with van der Waals surface area (Å²) in [4.78, 5) is 23.1. The zero-order valence-corrected chi connectivity index (χ0v) is 13.7. The summed E-state index contributed by atoms with van der Waals surface area (Å²) in [5.41, 5.74) is 0.370. The van der Waals surface area contributed by atoms with Gasteiger partial charge in [-0.25, -0.2) is 0 Å². The molecular weight excluding hydrogens is 333 g/mol. The average Bonchev–Trinajstić information content (AvgIpc) is 2.49. The Morgan fingerprint density at radius 1 is 1.00 bits per heavy atom. The number of hydrogen-bond acceptors (Lipinski definition) is 2. The number of anilines is 2. The Morgan fingerprint density at radius 2 is 1.64 bits per heavy atom. The first-order valence-electron chi connectivity index (χ1n) is 7.49. The van der Waals surface area contributed by atoms with Gasteiger partial charge in [0.05, 0.1) is 17.7 Å². The minimum absolute atomic E-state index is 0.0105. The lowest BCUT2D eigenvalue weighted by molar-refractivity contribution is -0.137. The van der Waals surface area contributed by atoms with Gasteiger partial charge in [0.2, 0.25) is 11.8 Å². The van der Waals surface area contributed by atoms with E-state index in [1.165, 1.54) is 13.0 Å². The van der Waals surface area contributed by atoms with Crippen LogP contribution in [-0.4, -0.2) is 11.8 Å². The van der Waals surface area contributed by atoms with E-state index >= 15 is 0 Å². The second-order valence-corrected chi connectivity index (χ2v) is 5.65. The maximum Gasteiger partial charge on any atom is 0.418 e. The summed E-state index contributed by atoms with van der Waals surface area (Å²) in [5, 5.41) is 4.58. The second kappa shape index (κ2) is 7.38. The van der Waals surface area contributed by atoms with E-state index in [1.54, 1.807) is 12.1 Å². The molecule has 0 aliphatic rings. The van der Waals surface area contributed by atoms with Crippen LogP contribution in [0.3, 0.4) is 0 Å². The van der Waals surface area contributed by atoms with Gasteiger partial charge in [0.25, 0.3) is 0 Å². The molecule has 0 atom stereocenters. The summed E-state index contributed by atoms with van der Waals surface area (Å²) in [6.45, 7) is 3.10.